The van der Waals surface area contributed by atoms with E-state index in [-0.39, 0.29) is 11.8 Å². The van der Waals surface area contributed by atoms with Crippen LogP contribution in [0.2, 0.25) is 0 Å². The van der Waals surface area contributed by atoms with Crippen LogP contribution in [0.4, 0.5) is 4.39 Å². The zero-order valence-corrected chi connectivity index (χ0v) is 16.5. The van der Waals surface area contributed by atoms with Crippen molar-refractivity contribution in [1.82, 2.24) is 0 Å². The summed E-state index contributed by atoms with van der Waals surface area (Å²) in [5.41, 5.74) is 1.06. The fraction of sp³-hybridized carbons (Fsp3) is 0.600. The first kappa shape index (κ1) is 20.2. The first-order chi connectivity index (χ1) is 11.5. The molecule has 5 heteroatoms. The highest BCUT2D eigenvalue weighted by Crippen LogP contribution is 2.40. The van der Waals surface area contributed by atoms with Crippen molar-refractivity contribution in [2.75, 3.05) is 6.61 Å². The van der Waals surface area contributed by atoms with E-state index in [1.807, 2.05) is 72.7 Å². The SMILES string of the molecule is Cc1ccc(C(CCOC(C)C)=C(F)B2OC(C)(C)C(C)(C)O2)cc1. The molecule has 0 spiro atoms. The van der Waals surface area contributed by atoms with E-state index in [2.05, 4.69) is 0 Å². The van der Waals surface area contributed by atoms with Gasteiger partial charge in [-0.05, 0) is 66.0 Å². The maximum absolute atomic E-state index is 15.3. The summed E-state index contributed by atoms with van der Waals surface area (Å²) in [4.78, 5) is 0. The van der Waals surface area contributed by atoms with E-state index in [0.717, 1.165) is 11.1 Å². The molecule has 0 saturated carbocycles. The Bertz CT molecular complexity index is 604. The van der Waals surface area contributed by atoms with E-state index in [0.29, 0.717) is 18.6 Å². The van der Waals surface area contributed by atoms with Crippen molar-refractivity contribution in [3.05, 3.63) is 41.1 Å². The number of ether oxygens (including phenoxy) is 1. The molecule has 0 aliphatic carbocycles. The maximum Gasteiger partial charge on any atom is 0.525 e. The Balaban J connectivity index is 2.32. The largest absolute Gasteiger partial charge is 0.525 e. The lowest BCUT2D eigenvalue weighted by molar-refractivity contribution is 0.00578. The summed E-state index contributed by atoms with van der Waals surface area (Å²) in [7, 11) is -0.986. The van der Waals surface area contributed by atoms with Crippen LogP contribution in [-0.4, -0.2) is 31.0 Å². The third-order valence-electron chi connectivity index (χ3n) is 4.95. The van der Waals surface area contributed by atoms with Gasteiger partial charge < -0.3 is 14.0 Å². The summed E-state index contributed by atoms with van der Waals surface area (Å²) in [5, 5.41) is 0. The molecule has 0 bridgehead atoms. The summed E-state index contributed by atoms with van der Waals surface area (Å²) in [6.45, 7) is 14.1. The lowest BCUT2D eigenvalue weighted by atomic mass is 9.81. The van der Waals surface area contributed by atoms with Gasteiger partial charge in [0.2, 0.25) is 0 Å². The second kappa shape index (κ2) is 7.61. The van der Waals surface area contributed by atoms with Gasteiger partial charge in [-0.3, -0.25) is 0 Å². The van der Waals surface area contributed by atoms with Crippen LogP contribution in [0.1, 0.15) is 59.1 Å². The van der Waals surface area contributed by atoms with Crippen molar-refractivity contribution in [2.45, 2.75) is 72.2 Å². The zero-order valence-electron chi connectivity index (χ0n) is 16.5. The van der Waals surface area contributed by atoms with Gasteiger partial charge in [-0.25, -0.2) is 4.39 Å². The van der Waals surface area contributed by atoms with Crippen molar-refractivity contribution in [2.24, 2.45) is 0 Å². The summed E-state index contributed by atoms with van der Waals surface area (Å²) < 4.78 is 32.7. The molecule has 0 amide bonds. The molecule has 0 atom stereocenters. The fourth-order valence-electron chi connectivity index (χ4n) is 2.64. The van der Waals surface area contributed by atoms with Gasteiger partial charge in [-0.1, -0.05) is 29.8 Å². The average molecular weight is 348 g/mol. The smallest absolute Gasteiger partial charge is 0.398 e. The van der Waals surface area contributed by atoms with Crippen LogP contribution in [0.5, 0.6) is 0 Å². The number of hydrogen-bond donors (Lipinski definition) is 0. The van der Waals surface area contributed by atoms with Gasteiger partial charge in [0, 0.05) is 0 Å². The van der Waals surface area contributed by atoms with E-state index in [4.69, 9.17) is 14.0 Å². The van der Waals surface area contributed by atoms with E-state index < -0.39 is 18.3 Å². The normalized spacial score (nSPS) is 20.1. The summed E-state index contributed by atoms with van der Waals surface area (Å²) >= 11 is 0. The monoisotopic (exact) mass is 348 g/mol. The lowest BCUT2D eigenvalue weighted by Crippen LogP contribution is -2.41. The molecular weight excluding hydrogens is 318 g/mol. The van der Waals surface area contributed by atoms with Crippen molar-refractivity contribution in [3.63, 3.8) is 0 Å². The number of rotatable bonds is 6. The minimum Gasteiger partial charge on any atom is -0.398 e. The van der Waals surface area contributed by atoms with Gasteiger partial charge in [0.1, 0.15) is 5.73 Å². The van der Waals surface area contributed by atoms with Gasteiger partial charge in [0.15, 0.2) is 0 Å². The van der Waals surface area contributed by atoms with Crippen LogP contribution in [0.3, 0.4) is 0 Å². The second-order valence-corrected chi connectivity index (χ2v) is 7.95. The van der Waals surface area contributed by atoms with E-state index in [9.17, 15) is 0 Å². The Labute approximate surface area is 151 Å². The molecule has 1 saturated heterocycles. The first-order valence-corrected chi connectivity index (χ1v) is 8.96. The van der Waals surface area contributed by atoms with Crippen LogP contribution in [-0.2, 0) is 14.0 Å². The summed E-state index contributed by atoms with van der Waals surface area (Å²) in [6, 6.07) is 7.84. The topological polar surface area (TPSA) is 27.7 Å². The van der Waals surface area contributed by atoms with E-state index >= 15 is 4.39 Å². The lowest BCUT2D eigenvalue weighted by Gasteiger charge is -2.32. The highest BCUT2D eigenvalue weighted by molar-refractivity contribution is 6.55. The Kier molecular flexibility index (Phi) is 6.13. The van der Waals surface area contributed by atoms with E-state index in [1.54, 1.807) is 0 Å². The van der Waals surface area contributed by atoms with Crippen molar-refractivity contribution >= 4 is 12.7 Å². The maximum atomic E-state index is 15.3. The highest BCUT2D eigenvalue weighted by atomic mass is 19.1. The molecule has 0 unspecified atom stereocenters. The molecule has 0 aromatic heterocycles. The highest BCUT2D eigenvalue weighted by Gasteiger charge is 2.53. The predicted molar refractivity (Wildman–Crippen MR) is 101 cm³/mol. The molecule has 1 aromatic rings. The molecule has 0 radical (unpaired) electrons. The minimum atomic E-state index is -0.986. The van der Waals surface area contributed by atoms with Crippen molar-refractivity contribution in [3.8, 4) is 0 Å². The molecule has 3 nitrogen and oxygen atoms in total. The van der Waals surface area contributed by atoms with Crippen LogP contribution in [0.15, 0.2) is 30.0 Å². The molecule has 1 aliphatic heterocycles. The minimum absolute atomic E-state index is 0.110. The van der Waals surface area contributed by atoms with Crippen LogP contribution >= 0.6 is 0 Å². The van der Waals surface area contributed by atoms with Crippen LogP contribution in [0, 0.1) is 6.92 Å². The van der Waals surface area contributed by atoms with Gasteiger partial charge in [-0.15, -0.1) is 0 Å². The number of benzene rings is 1. The first-order valence-electron chi connectivity index (χ1n) is 8.96. The zero-order chi connectivity index (χ0) is 18.8. The van der Waals surface area contributed by atoms with Crippen molar-refractivity contribution < 1.29 is 18.4 Å². The Morgan fingerprint density at radius 1 is 1.08 bits per heavy atom. The van der Waals surface area contributed by atoms with Crippen LogP contribution < -0.4 is 0 Å². The fourth-order valence-corrected chi connectivity index (χ4v) is 2.64. The second-order valence-electron chi connectivity index (χ2n) is 7.95. The number of halogens is 1. The molecule has 2 rings (SSSR count). The quantitative estimate of drug-likeness (QED) is 0.668. The summed E-state index contributed by atoms with van der Waals surface area (Å²) in [6.07, 6.45) is 0.580. The molecule has 1 aliphatic rings. The molecule has 0 N–H and O–H groups in total. The Morgan fingerprint density at radius 3 is 2.08 bits per heavy atom. The predicted octanol–water partition coefficient (Wildman–Crippen LogP) is 5.12. The molecule has 1 aromatic carbocycles. The molecule has 138 valence electrons. The van der Waals surface area contributed by atoms with Crippen molar-refractivity contribution in [1.29, 1.82) is 0 Å². The third kappa shape index (κ3) is 4.72. The van der Waals surface area contributed by atoms with Gasteiger partial charge >= 0.3 is 7.12 Å². The molecule has 1 heterocycles. The standard InChI is InChI=1S/C20H30BFO3/c1-14(2)23-13-12-17(16-10-8-15(3)9-11-16)18(22)21-24-19(4,5)20(6,7)25-21/h8-11,14H,12-13H2,1-7H3. The van der Waals surface area contributed by atoms with Gasteiger partial charge in [-0.2, -0.15) is 0 Å². The molecular formula is C20H30BFO3. The van der Waals surface area contributed by atoms with Crippen LogP contribution in [0.25, 0.3) is 5.57 Å². The molecule has 25 heavy (non-hydrogen) atoms. The van der Waals surface area contributed by atoms with E-state index in [1.165, 1.54) is 0 Å². The number of aryl methyl sites for hydroxylation is 1. The summed E-state index contributed by atoms with van der Waals surface area (Å²) in [5.74, 6) is 0. The molecule has 1 fully saturated rings. The Hall–Kier alpha value is -1.17. The van der Waals surface area contributed by atoms with Gasteiger partial charge in [0.05, 0.1) is 23.9 Å². The number of hydrogen-bond acceptors (Lipinski definition) is 3. The third-order valence-corrected chi connectivity index (χ3v) is 4.95. The Morgan fingerprint density at radius 2 is 1.60 bits per heavy atom. The average Bonchev–Trinajstić information content (AvgIpc) is 2.72. The van der Waals surface area contributed by atoms with Gasteiger partial charge in [0.25, 0.3) is 0 Å².